The molecule has 2 aromatic rings. The highest BCUT2D eigenvalue weighted by molar-refractivity contribution is 5.16. The number of rotatable bonds is 7. The van der Waals surface area contributed by atoms with Crippen molar-refractivity contribution in [1.82, 2.24) is 4.90 Å². The molecule has 2 aromatic carbocycles. The van der Waals surface area contributed by atoms with Gasteiger partial charge in [-0.1, -0.05) is 60.7 Å². The molecule has 1 aliphatic heterocycles. The summed E-state index contributed by atoms with van der Waals surface area (Å²) in [5.74, 6) is 0.857. The number of aryl methyl sites for hydroxylation is 1. The molecule has 3 rings (SSSR count). The van der Waals surface area contributed by atoms with Gasteiger partial charge in [-0.3, -0.25) is 4.90 Å². The Morgan fingerprint density at radius 2 is 1.50 bits per heavy atom. The van der Waals surface area contributed by atoms with Crippen molar-refractivity contribution >= 4 is 0 Å². The zero-order valence-electron chi connectivity index (χ0n) is 14.7. The Hall–Kier alpha value is -1.64. The van der Waals surface area contributed by atoms with Gasteiger partial charge in [0, 0.05) is 26.6 Å². The highest BCUT2D eigenvalue weighted by Crippen LogP contribution is 2.24. The standard InChI is InChI=1S/C22H29NO/c1-24-22(18-21-10-6-3-7-11-21)23-16-14-20(15-17-23)13-12-19-8-4-2-5-9-19/h2-11,20,22H,12-18H2,1H3. The number of hydrogen-bond acceptors (Lipinski definition) is 2. The molecular weight excluding hydrogens is 294 g/mol. The average Bonchev–Trinajstić information content (AvgIpc) is 2.67. The molecule has 1 atom stereocenters. The third-order valence-electron chi connectivity index (χ3n) is 5.27. The van der Waals surface area contributed by atoms with Gasteiger partial charge in [0.25, 0.3) is 0 Å². The van der Waals surface area contributed by atoms with Gasteiger partial charge in [0.2, 0.25) is 0 Å². The molecule has 1 saturated heterocycles. The van der Waals surface area contributed by atoms with Gasteiger partial charge in [0.1, 0.15) is 6.23 Å². The molecule has 0 bridgehead atoms. The van der Waals surface area contributed by atoms with Gasteiger partial charge in [-0.05, 0) is 42.7 Å². The summed E-state index contributed by atoms with van der Waals surface area (Å²) in [5.41, 5.74) is 2.83. The molecular formula is C22H29NO. The first-order valence-electron chi connectivity index (χ1n) is 9.20. The maximum absolute atomic E-state index is 5.78. The van der Waals surface area contributed by atoms with E-state index >= 15 is 0 Å². The summed E-state index contributed by atoms with van der Waals surface area (Å²) in [4.78, 5) is 2.52. The molecule has 0 saturated carbocycles. The third kappa shape index (κ3) is 4.93. The Morgan fingerprint density at radius 3 is 2.08 bits per heavy atom. The second-order valence-corrected chi connectivity index (χ2v) is 6.88. The average molecular weight is 323 g/mol. The molecule has 1 heterocycles. The van der Waals surface area contributed by atoms with E-state index in [1.54, 1.807) is 0 Å². The van der Waals surface area contributed by atoms with Crippen LogP contribution in [0, 0.1) is 5.92 Å². The lowest BCUT2D eigenvalue weighted by Gasteiger charge is -2.37. The van der Waals surface area contributed by atoms with Crippen molar-refractivity contribution in [1.29, 1.82) is 0 Å². The van der Waals surface area contributed by atoms with Crippen molar-refractivity contribution in [3.63, 3.8) is 0 Å². The van der Waals surface area contributed by atoms with E-state index < -0.39 is 0 Å². The Labute approximate surface area is 146 Å². The van der Waals surface area contributed by atoms with Crippen molar-refractivity contribution in [2.24, 2.45) is 5.92 Å². The van der Waals surface area contributed by atoms with Gasteiger partial charge < -0.3 is 4.74 Å². The maximum Gasteiger partial charge on any atom is 0.114 e. The predicted octanol–water partition coefficient (Wildman–Crippen LogP) is 4.55. The molecule has 0 radical (unpaired) electrons. The smallest absolute Gasteiger partial charge is 0.114 e. The predicted molar refractivity (Wildman–Crippen MR) is 100 cm³/mol. The van der Waals surface area contributed by atoms with Gasteiger partial charge in [0.05, 0.1) is 0 Å². The molecule has 1 fully saturated rings. The molecule has 0 aliphatic carbocycles. The minimum Gasteiger partial charge on any atom is -0.366 e. The van der Waals surface area contributed by atoms with Crippen molar-refractivity contribution < 1.29 is 4.74 Å². The minimum absolute atomic E-state index is 0.211. The van der Waals surface area contributed by atoms with E-state index in [2.05, 4.69) is 65.6 Å². The molecule has 24 heavy (non-hydrogen) atoms. The largest absolute Gasteiger partial charge is 0.366 e. The maximum atomic E-state index is 5.78. The lowest BCUT2D eigenvalue weighted by Crippen LogP contribution is -2.43. The summed E-state index contributed by atoms with van der Waals surface area (Å²) in [5, 5.41) is 0. The van der Waals surface area contributed by atoms with Crippen LogP contribution in [0.4, 0.5) is 0 Å². The van der Waals surface area contributed by atoms with E-state index in [0.29, 0.717) is 0 Å². The molecule has 128 valence electrons. The summed E-state index contributed by atoms with van der Waals surface area (Å²) < 4.78 is 5.78. The number of piperidine rings is 1. The van der Waals surface area contributed by atoms with Crippen LogP contribution in [0.3, 0.4) is 0 Å². The number of benzene rings is 2. The molecule has 0 spiro atoms. The van der Waals surface area contributed by atoms with E-state index in [1.807, 2.05) is 7.11 Å². The summed E-state index contributed by atoms with van der Waals surface area (Å²) in [6.45, 7) is 2.32. The highest BCUT2D eigenvalue weighted by atomic mass is 16.5. The van der Waals surface area contributed by atoms with Gasteiger partial charge in [-0.25, -0.2) is 0 Å². The van der Waals surface area contributed by atoms with Crippen molar-refractivity contribution in [3.05, 3.63) is 71.8 Å². The Kier molecular flexibility index (Phi) is 6.45. The SMILES string of the molecule is COC(Cc1ccccc1)N1CCC(CCc2ccccc2)CC1. The normalized spacial score (nSPS) is 17.7. The Morgan fingerprint density at radius 1 is 0.917 bits per heavy atom. The number of ether oxygens (including phenoxy) is 1. The van der Waals surface area contributed by atoms with Gasteiger partial charge in [-0.2, -0.15) is 0 Å². The Bertz CT molecular complexity index is 575. The van der Waals surface area contributed by atoms with Crippen LogP contribution in [0.2, 0.25) is 0 Å². The second kappa shape index (κ2) is 9.00. The first-order chi connectivity index (χ1) is 11.8. The van der Waals surface area contributed by atoms with Crippen LogP contribution in [0.15, 0.2) is 60.7 Å². The van der Waals surface area contributed by atoms with E-state index in [4.69, 9.17) is 4.74 Å². The monoisotopic (exact) mass is 323 g/mol. The van der Waals surface area contributed by atoms with E-state index in [-0.39, 0.29) is 6.23 Å². The molecule has 0 aromatic heterocycles. The zero-order chi connectivity index (χ0) is 16.6. The fourth-order valence-electron chi connectivity index (χ4n) is 3.72. The zero-order valence-corrected chi connectivity index (χ0v) is 14.7. The minimum atomic E-state index is 0.211. The summed E-state index contributed by atoms with van der Waals surface area (Å²) >= 11 is 0. The van der Waals surface area contributed by atoms with Gasteiger partial charge >= 0.3 is 0 Å². The van der Waals surface area contributed by atoms with Crippen LogP contribution in [-0.4, -0.2) is 31.3 Å². The van der Waals surface area contributed by atoms with Crippen molar-refractivity contribution in [2.75, 3.05) is 20.2 Å². The highest BCUT2D eigenvalue weighted by Gasteiger charge is 2.24. The topological polar surface area (TPSA) is 12.5 Å². The Balaban J connectivity index is 1.45. The molecule has 2 nitrogen and oxygen atoms in total. The van der Waals surface area contributed by atoms with Gasteiger partial charge in [0.15, 0.2) is 0 Å². The summed E-state index contributed by atoms with van der Waals surface area (Å²) in [6, 6.07) is 21.6. The van der Waals surface area contributed by atoms with Crippen molar-refractivity contribution in [3.8, 4) is 0 Å². The lowest BCUT2D eigenvalue weighted by atomic mass is 9.90. The quantitative estimate of drug-likeness (QED) is 0.741. The number of methoxy groups -OCH3 is 1. The molecule has 0 amide bonds. The summed E-state index contributed by atoms with van der Waals surface area (Å²) in [7, 11) is 1.84. The molecule has 1 unspecified atom stereocenters. The second-order valence-electron chi connectivity index (χ2n) is 6.88. The van der Waals surface area contributed by atoms with Crippen LogP contribution in [-0.2, 0) is 17.6 Å². The fourth-order valence-corrected chi connectivity index (χ4v) is 3.72. The van der Waals surface area contributed by atoms with E-state index in [0.717, 1.165) is 25.4 Å². The third-order valence-corrected chi connectivity index (χ3v) is 5.27. The van der Waals surface area contributed by atoms with Crippen molar-refractivity contribution in [2.45, 2.75) is 38.3 Å². The lowest BCUT2D eigenvalue weighted by molar-refractivity contribution is -0.0474. The van der Waals surface area contributed by atoms with Crippen LogP contribution in [0.1, 0.15) is 30.4 Å². The number of likely N-dealkylation sites (tertiary alicyclic amines) is 1. The molecule has 2 heteroatoms. The first-order valence-corrected chi connectivity index (χ1v) is 9.20. The molecule has 1 aliphatic rings. The first kappa shape index (κ1) is 17.2. The van der Waals surface area contributed by atoms with E-state index in [1.165, 1.54) is 36.8 Å². The van der Waals surface area contributed by atoms with Gasteiger partial charge in [-0.15, -0.1) is 0 Å². The molecule has 0 N–H and O–H groups in total. The van der Waals surface area contributed by atoms with Crippen LogP contribution in [0.25, 0.3) is 0 Å². The summed E-state index contributed by atoms with van der Waals surface area (Å²) in [6.07, 6.45) is 6.30. The van der Waals surface area contributed by atoms with Crippen LogP contribution in [0.5, 0.6) is 0 Å². The number of hydrogen-bond donors (Lipinski definition) is 0. The number of nitrogens with zero attached hydrogens (tertiary/aromatic N) is 1. The van der Waals surface area contributed by atoms with E-state index in [9.17, 15) is 0 Å². The fraction of sp³-hybridized carbons (Fsp3) is 0.455. The van der Waals surface area contributed by atoms with Crippen LogP contribution >= 0.6 is 0 Å². The van der Waals surface area contributed by atoms with Crippen LogP contribution < -0.4 is 0 Å².